The molecule has 1 aromatic heterocycles. The van der Waals surface area contributed by atoms with Crippen LogP contribution in [0.2, 0.25) is 0 Å². The highest BCUT2D eigenvalue weighted by Crippen LogP contribution is 2.61. The number of aromatic carboxylic acids is 1. The number of hydrogen-bond donors (Lipinski definition) is 1. The largest absolute Gasteiger partial charge is 0.477 e. The summed E-state index contributed by atoms with van der Waals surface area (Å²) in [5, 5.41) is 10.5. The molecule has 1 heterocycles. The topological polar surface area (TPSA) is 50.2 Å². The van der Waals surface area contributed by atoms with E-state index in [-0.39, 0.29) is 5.41 Å². The Kier molecular flexibility index (Phi) is 2.75. The van der Waals surface area contributed by atoms with Gasteiger partial charge in [-0.25, -0.2) is 9.78 Å². The van der Waals surface area contributed by atoms with Gasteiger partial charge in [0.15, 0.2) is 0 Å². The zero-order valence-electron chi connectivity index (χ0n) is 11.9. The number of carboxylic acids is 1. The van der Waals surface area contributed by atoms with Crippen molar-refractivity contribution in [3.63, 3.8) is 0 Å². The first-order valence-corrected chi connectivity index (χ1v) is 8.65. The zero-order valence-corrected chi connectivity index (χ0v) is 12.7. The van der Waals surface area contributed by atoms with Gasteiger partial charge in [0.25, 0.3) is 0 Å². The SMILES string of the molecule is CCc1nc(C23CC4CC(CC(C4)C2)C3)sc1C(=O)O. The Labute approximate surface area is 123 Å². The number of nitrogens with zero attached hydrogens (tertiary/aromatic N) is 1. The lowest BCUT2D eigenvalue weighted by Crippen LogP contribution is -2.48. The van der Waals surface area contributed by atoms with Crippen LogP contribution in [0, 0.1) is 17.8 Å². The average molecular weight is 291 g/mol. The summed E-state index contributed by atoms with van der Waals surface area (Å²) in [6.45, 7) is 2.00. The summed E-state index contributed by atoms with van der Waals surface area (Å²) in [5.41, 5.74) is 1.03. The highest BCUT2D eigenvalue weighted by atomic mass is 32.1. The van der Waals surface area contributed by atoms with E-state index in [1.54, 1.807) is 0 Å². The van der Waals surface area contributed by atoms with E-state index in [0.29, 0.717) is 4.88 Å². The summed E-state index contributed by atoms with van der Waals surface area (Å²) in [6, 6.07) is 0. The average Bonchev–Trinajstić information content (AvgIpc) is 2.82. The van der Waals surface area contributed by atoms with Gasteiger partial charge in [-0.1, -0.05) is 6.92 Å². The lowest BCUT2D eigenvalue weighted by Gasteiger charge is -2.56. The summed E-state index contributed by atoms with van der Waals surface area (Å²) in [4.78, 5) is 16.7. The van der Waals surface area contributed by atoms with Crippen LogP contribution in [0.4, 0.5) is 0 Å². The van der Waals surface area contributed by atoms with Crippen LogP contribution in [0.15, 0.2) is 0 Å². The van der Waals surface area contributed by atoms with E-state index in [2.05, 4.69) is 0 Å². The van der Waals surface area contributed by atoms with Crippen LogP contribution in [0.1, 0.15) is 65.8 Å². The molecule has 20 heavy (non-hydrogen) atoms. The molecular formula is C16H21NO2S. The first-order chi connectivity index (χ1) is 9.59. The summed E-state index contributed by atoms with van der Waals surface area (Å²) in [6.07, 6.45) is 8.74. The Hall–Kier alpha value is -0.900. The molecule has 4 bridgehead atoms. The van der Waals surface area contributed by atoms with Crippen LogP contribution in [-0.4, -0.2) is 16.1 Å². The Balaban J connectivity index is 1.75. The van der Waals surface area contributed by atoms with Gasteiger partial charge in [0.05, 0.1) is 10.7 Å². The fourth-order valence-electron chi connectivity index (χ4n) is 5.36. The number of rotatable bonds is 3. The van der Waals surface area contributed by atoms with Crippen LogP contribution in [-0.2, 0) is 11.8 Å². The Morgan fingerprint density at radius 3 is 2.20 bits per heavy atom. The summed E-state index contributed by atoms with van der Waals surface area (Å²) in [5.74, 6) is 1.84. The summed E-state index contributed by atoms with van der Waals surface area (Å²) >= 11 is 1.47. The van der Waals surface area contributed by atoms with Crippen LogP contribution >= 0.6 is 11.3 Å². The third kappa shape index (κ3) is 1.77. The van der Waals surface area contributed by atoms with Crippen molar-refractivity contribution in [1.29, 1.82) is 0 Å². The first-order valence-electron chi connectivity index (χ1n) is 7.83. The van der Waals surface area contributed by atoms with Crippen molar-refractivity contribution in [2.75, 3.05) is 0 Å². The fraction of sp³-hybridized carbons (Fsp3) is 0.750. The molecule has 0 aliphatic heterocycles. The molecule has 4 saturated carbocycles. The van der Waals surface area contributed by atoms with Gasteiger partial charge in [-0.3, -0.25) is 0 Å². The molecular weight excluding hydrogens is 270 g/mol. The predicted octanol–water partition coefficient (Wildman–Crippen LogP) is 3.87. The monoisotopic (exact) mass is 291 g/mol. The second-order valence-corrected chi connectivity index (χ2v) is 8.15. The van der Waals surface area contributed by atoms with E-state index in [1.807, 2.05) is 6.92 Å². The molecule has 0 saturated heterocycles. The number of hydrogen-bond acceptors (Lipinski definition) is 3. The van der Waals surface area contributed by atoms with Gasteiger partial charge in [0.1, 0.15) is 4.88 Å². The maximum absolute atomic E-state index is 11.4. The third-order valence-electron chi connectivity index (χ3n) is 5.72. The molecule has 5 rings (SSSR count). The van der Waals surface area contributed by atoms with Crippen LogP contribution in [0.25, 0.3) is 0 Å². The van der Waals surface area contributed by atoms with E-state index in [9.17, 15) is 9.90 Å². The van der Waals surface area contributed by atoms with Crippen molar-refractivity contribution in [2.24, 2.45) is 17.8 Å². The normalized spacial score (nSPS) is 38.4. The second-order valence-electron chi connectivity index (χ2n) is 7.15. The van der Waals surface area contributed by atoms with Crippen LogP contribution < -0.4 is 0 Å². The Bertz CT molecular complexity index is 528. The number of carboxylic acid groups (broad SMARTS) is 1. The van der Waals surface area contributed by atoms with Crippen LogP contribution in [0.3, 0.4) is 0 Å². The molecule has 4 heteroatoms. The van der Waals surface area contributed by atoms with Gasteiger partial charge < -0.3 is 5.11 Å². The molecule has 0 unspecified atom stereocenters. The Morgan fingerprint density at radius 1 is 1.25 bits per heavy atom. The molecule has 0 spiro atoms. The van der Waals surface area contributed by atoms with Gasteiger partial charge >= 0.3 is 5.97 Å². The first kappa shape index (κ1) is 12.8. The molecule has 3 nitrogen and oxygen atoms in total. The van der Waals surface area contributed by atoms with E-state index >= 15 is 0 Å². The van der Waals surface area contributed by atoms with Gasteiger partial charge in [-0.15, -0.1) is 11.3 Å². The number of aromatic nitrogens is 1. The maximum atomic E-state index is 11.4. The Morgan fingerprint density at radius 2 is 1.80 bits per heavy atom. The quantitative estimate of drug-likeness (QED) is 0.919. The lowest BCUT2D eigenvalue weighted by atomic mass is 9.50. The van der Waals surface area contributed by atoms with Gasteiger partial charge in [-0.2, -0.15) is 0 Å². The number of thiazole rings is 1. The molecule has 4 aliphatic carbocycles. The molecule has 108 valence electrons. The van der Waals surface area contributed by atoms with Crippen molar-refractivity contribution in [2.45, 2.75) is 57.3 Å². The van der Waals surface area contributed by atoms with Gasteiger partial charge in [-0.05, 0) is 62.7 Å². The number of aryl methyl sites for hydroxylation is 1. The predicted molar refractivity (Wildman–Crippen MR) is 78.3 cm³/mol. The van der Waals surface area contributed by atoms with Gasteiger partial charge in [0, 0.05) is 5.41 Å². The van der Waals surface area contributed by atoms with Gasteiger partial charge in [0.2, 0.25) is 0 Å². The highest BCUT2D eigenvalue weighted by Gasteiger charge is 2.53. The molecule has 4 aliphatic rings. The summed E-state index contributed by atoms with van der Waals surface area (Å²) < 4.78 is 0. The van der Waals surface area contributed by atoms with Crippen molar-refractivity contribution >= 4 is 17.3 Å². The molecule has 1 aromatic rings. The fourth-order valence-corrected chi connectivity index (χ4v) is 6.57. The van der Waals surface area contributed by atoms with E-state index in [4.69, 9.17) is 4.98 Å². The van der Waals surface area contributed by atoms with E-state index in [0.717, 1.165) is 34.9 Å². The molecule has 0 atom stereocenters. The second kappa shape index (κ2) is 4.30. The van der Waals surface area contributed by atoms with E-state index < -0.39 is 5.97 Å². The van der Waals surface area contributed by atoms with Crippen LogP contribution in [0.5, 0.6) is 0 Å². The minimum absolute atomic E-state index is 0.233. The molecule has 0 aromatic carbocycles. The van der Waals surface area contributed by atoms with Crippen molar-refractivity contribution in [3.8, 4) is 0 Å². The smallest absolute Gasteiger partial charge is 0.347 e. The minimum atomic E-state index is -0.796. The highest BCUT2D eigenvalue weighted by molar-refractivity contribution is 7.13. The molecule has 0 amide bonds. The molecule has 1 N–H and O–H groups in total. The van der Waals surface area contributed by atoms with Crippen molar-refractivity contribution in [1.82, 2.24) is 4.98 Å². The third-order valence-corrected chi connectivity index (χ3v) is 7.05. The molecule has 4 fully saturated rings. The zero-order chi connectivity index (χ0) is 13.9. The summed E-state index contributed by atoms with van der Waals surface area (Å²) in [7, 11) is 0. The van der Waals surface area contributed by atoms with E-state index in [1.165, 1.54) is 49.9 Å². The molecule has 0 radical (unpaired) electrons. The lowest BCUT2D eigenvalue weighted by molar-refractivity contribution is -0.00533. The van der Waals surface area contributed by atoms with Crippen molar-refractivity contribution < 1.29 is 9.90 Å². The minimum Gasteiger partial charge on any atom is -0.477 e. The maximum Gasteiger partial charge on any atom is 0.347 e. The van der Waals surface area contributed by atoms with Crippen molar-refractivity contribution in [3.05, 3.63) is 15.6 Å². The standard InChI is InChI=1S/C16H21NO2S/c1-2-12-13(14(18)19)20-15(17-12)16-6-9-3-10(7-16)5-11(4-9)8-16/h9-11H,2-8H2,1H3,(H,18,19). The number of carbonyl (C=O) groups is 1.